The van der Waals surface area contributed by atoms with Crippen LogP contribution in [0.1, 0.15) is 16.8 Å². The smallest absolute Gasteiger partial charge is 0.337 e. The van der Waals surface area contributed by atoms with Crippen LogP contribution in [0.25, 0.3) is 0 Å². The van der Waals surface area contributed by atoms with Crippen LogP contribution in [-0.4, -0.2) is 34.4 Å². The Morgan fingerprint density at radius 1 is 1.50 bits per heavy atom. The number of ether oxygens (including phenoxy) is 1. The van der Waals surface area contributed by atoms with Crippen molar-refractivity contribution in [1.29, 1.82) is 0 Å². The van der Waals surface area contributed by atoms with E-state index >= 15 is 0 Å². The molecule has 0 aliphatic rings. The number of rotatable bonds is 5. The Bertz CT molecular complexity index is 313. The number of carbonyl (C=O) groups is 1. The molecule has 0 saturated carbocycles. The fourth-order valence-corrected chi connectivity index (χ4v) is 0.869. The molecule has 1 rings (SSSR count). The van der Waals surface area contributed by atoms with Gasteiger partial charge in [0.1, 0.15) is 5.75 Å². The third-order valence-corrected chi connectivity index (χ3v) is 1.53. The van der Waals surface area contributed by atoms with Crippen molar-refractivity contribution in [1.82, 2.24) is 4.98 Å². The van der Waals surface area contributed by atoms with Crippen molar-refractivity contribution >= 4 is 5.97 Å². The normalized spacial score (nSPS) is 9.79. The van der Waals surface area contributed by atoms with Gasteiger partial charge in [0.2, 0.25) is 0 Å². The third kappa shape index (κ3) is 3.02. The maximum Gasteiger partial charge on any atom is 0.337 e. The highest BCUT2D eigenvalue weighted by Crippen LogP contribution is 2.11. The van der Waals surface area contributed by atoms with Gasteiger partial charge in [0, 0.05) is 19.2 Å². The van der Waals surface area contributed by atoms with E-state index in [1.165, 1.54) is 18.5 Å². The Balaban J connectivity index is 2.59. The molecule has 0 fully saturated rings. The predicted octanol–water partition coefficient (Wildman–Crippen LogP) is 0.541. The molecule has 1 aromatic rings. The number of nitrogens with zero attached hydrogens (tertiary/aromatic N) is 1. The van der Waals surface area contributed by atoms with Crippen LogP contribution in [0.3, 0.4) is 0 Å². The minimum absolute atomic E-state index is 0.0477. The van der Waals surface area contributed by atoms with Gasteiger partial charge in [-0.05, 0) is 6.07 Å². The molecule has 14 heavy (non-hydrogen) atoms. The molecule has 0 radical (unpaired) electrons. The summed E-state index contributed by atoms with van der Waals surface area (Å²) in [5, 5.41) is 17.1. The van der Waals surface area contributed by atoms with Crippen molar-refractivity contribution < 1.29 is 19.7 Å². The summed E-state index contributed by atoms with van der Waals surface area (Å²) in [6, 6.07) is 1.40. The first-order valence-electron chi connectivity index (χ1n) is 4.16. The lowest BCUT2D eigenvalue weighted by atomic mass is 10.3. The molecule has 0 unspecified atom stereocenters. The molecular formula is C9H11NO4. The highest BCUT2D eigenvalue weighted by atomic mass is 16.5. The summed E-state index contributed by atoms with van der Waals surface area (Å²) in [4.78, 5) is 14.3. The average molecular weight is 197 g/mol. The van der Waals surface area contributed by atoms with Gasteiger partial charge in [-0.1, -0.05) is 0 Å². The number of hydrogen-bond acceptors (Lipinski definition) is 4. The maximum atomic E-state index is 10.5. The summed E-state index contributed by atoms with van der Waals surface area (Å²) < 4.78 is 5.15. The lowest BCUT2D eigenvalue weighted by Gasteiger charge is -2.04. The first-order chi connectivity index (χ1) is 6.74. The zero-order valence-electron chi connectivity index (χ0n) is 7.51. The van der Waals surface area contributed by atoms with Crippen LogP contribution in [0, 0.1) is 0 Å². The number of aromatic carboxylic acids is 1. The molecule has 0 saturated heterocycles. The van der Waals surface area contributed by atoms with Crippen LogP contribution in [0.15, 0.2) is 18.5 Å². The number of pyridine rings is 1. The van der Waals surface area contributed by atoms with Crippen molar-refractivity contribution in [3.05, 3.63) is 24.0 Å². The summed E-state index contributed by atoms with van der Waals surface area (Å²) in [5.41, 5.74) is 0.0894. The van der Waals surface area contributed by atoms with Gasteiger partial charge in [0.15, 0.2) is 0 Å². The van der Waals surface area contributed by atoms with E-state index in [2.05, 4.69) is 4.98 Å². The topological polar surface area (TPSA) is 79.7 Å². The Labute approximate surface area is 81.0 Å². The van der Waals surface area contributed by atoms with E-state index in [4.69, 9.17) is 14.9 Å². The Kier molecular flexibility index (Phi) is 3.87. The largest absolute Gasteiger partial charge is 0.492 e. The van der Waals surface area contributed by atoms with E-state index in [1.807, 2.05) is 0 Å². The predicted molar refractivity (Wildman–Crippen MR) is 48.4 cm³/mol. The standard InChI is InChI=1S/C9H11NO4/c11-2-1-3-14-8-4-7(9(12)13)5-10-6-8/h4-6,11H,1-3H2,(H,12,13). The van der Waals surface area contributed by atoms with Crippen molar-refractivity contribution in [2.45, 2.75) is 6.42 Å². The summed E-state index contributed by atoms with van der Waals surface area (Å²) in [5.74, 6) is -0.636. The summed E-state index contributed by atoms with van der Waals surface area (Å²) in [6.45, 7) is 0.396. The zero-order valence-corrected chi connectivity index (χ0v) is 7.51. The van der Waals surface area contributed by atoms with E-state index in [0.717, 1.165) is 0 Å². The molecule has 5 nitrogen and oxygen atoms in total. The van der Waals surface area contributed by atoms with E-state index in [1.54, 1.807) is 0 Å². The Morgan fingerprint density at radius 2 is 2.29 bits per heavy atom. The molecule has 0 amide bonds. The van der Waals surface area contributed by atoms with Gasteiger partial charge in [0.05, 0.1) is 18.4 Å². The van der Waals surface area contributed by atoms with Crippen LogP contribution >= 0.6 is 0 Å². The Hall–Kier alpha value is -1.62. The number of hydrogen-bond donors (Lipinski definition) is 2. The minimum atomic E-state index is -1.04. The fraction of sp³-hybridized carbons (Fsp3) is 0.333. The van der Waals surface area contributed by atoms with Gasteiger partial charge < -0.3 is 14.9 Å². The molecule has 5 heteroatoms. The summed E-state index contributed by atoms with van der Waals surface area (Å²) in [7, 11) is 0. The summed E-state index contributed by atoms with van der Waals surface area (Å²) >= 11 is 0. The SMILES string of the molecule is O=C(O)c1cncc(OCCCO)c1. The molecule has 0 aliphatic carbocycles. The first-order valence-corrected chi connectivity index (χ1v) is 4.16. The monoisotopic (exact) mass is 197 g/mol. The van der Waals surface area contributed by atoms with Gasteiger partial charge in [-0.25, -0.2) is 4.79 Å². The molecule has 1 aromatic heterocycles. The van der Waals surface area contributed by atoms with Gasteiger partial charge in [-0.15, -0.1) is 0 Å². The zero-order chi connectivity index (χ0) is 10.4. The second kappa shape index (κ2) is 5.18. The molecule has 1 heterocycles. The molecule has 0 bridgehead atoms. The van der Waals surface area contributed by atoms with Crippen LogP contribution in [0.5, 0.6) is 5.75 Å². The van der Waals surface area contributed by atoms with Gasteiger partial charge in [0.25, 0.3) is 0 Å². The lowest BCUT2D eigenvalue weighted by Crippen LogP contribution is -2.02. The number of aliphatic hydroxyl groups excluding tert-OH is 1. The van der Waals surface area contributed by atoms with Crippen LogP contribution < -0.4 is 4.74 Å². The van der Waals surface area contributed by atoms with E-state index < -0.39 is 5.97 Å². The van der Waals surface area contributed by atoms with E-state index in [9.17, 15) is 4.79 Å². The van der Waals surface area contributed by atoms with E-state index in [0.29, 0.717) is 18.8 Å². The highest BCUT2D eigenvalue weighted by Gasteiger charge is 2.04. The quantitative estimate of drug-likeness (QED) is 0.673. The van der Waals surface area contributed by atoms with Crippen LogP contribution in [-0.2, 0) is 0 Å². The number of aromatic nitrogens is 1. The van der Waals surface area contributed by atoms with Crippen LogP contribution in [0.2, 0.25) is 0 Å². The highest BCUT2D eigenvalue weighted by molar-refractivity contribution is 5.87. The van der Waals surface area contributed by atoms with Crippen LogP contribution in [0.4, 0.5) is 0 Å². The van der Waals surface area contributed by atoms with Crippen molar-refractivity contribution in [2.24, 2.45) is 0 Å². The molecule has 0 atom stereocenters. The van der Waals surface area contributed by atoms with Gasteiger partial charge in [-0.3, -0.25) is 4.98 Å². The van der Waals surface area contributed by atoms with Crippen molar-refractivity contribution in [3.8, 4) is 5.75 Å². The minimum Gasteiger partial charge on any atom is -0.492 e. The second-order valence-electron chi connectivity index (χ2n) is 2.64. The maximum absolute atomic E-state index is 10.5. The molecule has 0 aromatic carbocycles. The molecule has 2 N–H and O–H groups in total. The third-order valence-electron chi connectivity index (χ3n) is 1.53. The fourth-order valence-electron chi connectivity index (χ4n) is 0.869. The first kappa shape index (κ1) is 10.5. The van der Waals surface area contributed by atoms with Crippen molar-refractivity contribution in [3.63, 3.8) is 0 Å². The van der Waals surface area contributed by atoms with Gasteiger partial charge in [-0.2, -0.15) is 0 Å². The molecule has 76 valence electrons. The van der Waals surface area contributed by atoms with E-state index in [-0.39, 0.29) is 12.2 Å². The number of carboxylic acid groups (broad SMARTS) is 1. The Morgan fingerprint density at radius 3 is 2.93 bits per heavy atom. The number of carboxylic acids is 1. The van der Waals surface area contributed by atoms with Crippen molar-refractivity contribution in [2.75, 3.05) is 13.2 Å². The molecule has 0 spiro atoms. The second-order valence-corrected chi connectivity index (χ2v) is 2.64. The summed E-state index contributed by atoms with van der Waals surface area (Å²) in [6.07, 6.45) is 3.20. The number of aliphatic hydroxyl groups is 1. The molecular weight excluding hydrogens is 186 g/mol. The average Bonchev–Trinajstić information content (AvgIpc) is 2.19. The lowest BCUT2D eigenvalue weighted by molar-refractivity contribution is 0.0695. The van der Waals surface area contributed by atoms with Gasteiger partial charge >= 0.3 is 5.97 Å². The molecule has 0 aliphatic heterocycles.